The van der Waals surface area contributed by atoms with Gasteiger partial charge in [0.05, 0.1) is 6.26 Å². The van der Waals surface area contributed by atoms with Crippen LogP contribution in [0.1, 0.15) is 24.3 Å². The van der Waals surface area contributed by atoms with E-state index < -0.39 is 0 Å². The van der Waals surface area contributed by atoms with E-state index in [0.29, 0.717) is 17.2 Å². The Kier molecular flexibility index (Phi) is 3.05. The molecule has 0 atom stereocenters. The Morgan fingerprint density at radius 3 is 2.90 bits per heavy atom. The topological polar surface area (TPSA) is 111 Å². The number of aromatic nitrogens is 4. The summed E-state index contributed by atoms with van der Waals surface area (Å²) in [6.07, 6.45) is 1.53. The summed E-state index contributed by atoms with van der Waals surface area (Å²) in [7, 11) is 0. The second-order valence-corrected chi connectivity index (χ2v) is 4.81. The van der Waals surface area contributed by atoms with E-state index in [1.807, 2.05) is 13.8 Å². The molecule has 0 bridgehead atoms. The van der Waals surface area contributed by atoms with E-state index in [0.717, 1.165) is 0 Å². The Hall–Kier alpha value is -2.90. The number of nitrogen functional groups attached to an aromatic ring is 1. The molecule has 8 nitrogen and oxygen atoms in total. The van der Waals surface area contributed by atoms with Gasteiger partial charge in [0.15, 0.2) is 11.4 Å². The highest BCUT2D eigenvalue weighted by molar-refractivity contribution is 5.93. The van der Waals surface area contributed by atoms with Crippen LogP contribution in [0, 0.1) is 0 Å². The van der Waals surface area contributed by atoms with Crippen LogP contribution in [0.3, 0.4) is 0 Å². The Morgan fingerprint density at radius 2 is 2.24 bits per heavy atom. The average Bonchev–Trinajstić information content (AvgIpc) is 3.06. The molecule has 0 aliphatic carbocycles. The van der Waals surface area contributed by atoms with E-state index >= 15 is 0 Å². The molecule has 3 rings (SSSR count). The molecule has 0 aliphatic rings. The third kappa shape index (κ3) is 2.42. The Bertz CT molecular complexity index is 790. The summed E-state index contributed by atoms with van der Waals surface area (Å²) in [4.78, 5) is 20.3. The average molecular weight is 286 g/mol. The van der Waals surface area contributed by atoms with Gasteiger partial charge < -0.3 is 15.5 Å². The van der Waals surface area contributed by atoms with E-state index in [1.54, 1.807) is 12.1 Å². The van der Waals surface area contributed by atoms with Crippen LogP contribution in [-0.2, 0) is 0 Å². The molecule has 0 radical (unpaired) electrons. The molecule has 3 aromatic heterocycles. The number of nitrogens with zero attached hydrogens (tertiary/aromatic N) is 4. The fraction of sp³-hybridized carbons (Fsp3) is 0.231. The van der Waals surface area contributed by atoms with Gasteiger partial charge in [0.1, 0.15) is 5.69 Å². The maximum atomic E-state index is 12.0. The van der Waals surface area contributed by atoms with E-state index in [9.17, 15) is 4.79 Å². The zero-order valence-electron chi connectivity index (χ0n) is 11.6. The number of carbonyl (C=O) groups is 1. The second-order valence-electron chi connectivity index (χ2n) is 4.81. The summed E-state index contributed by atoms with van der Waals surface area (Å²) in [5.74, 6) is 0.690. The first kappa shape index (κ1) is 13.1. The summed E-state index contributed by atoms with van der Waals surface area (Å²) in [6, 6.07) is 5.02. The number of rotatable bonds is 3. The number of furan rings is 1. The highest BCUT2D eigenvalue weighted by Gasteiger charge is 2.16. The maximum Gasteiger partial charge on any atom is 0.270 e. The first-order valence-electron chi connectivity index (χ1n) is 6.42. The monoisotopic (exact) mass is 286 g/mol. The van der Waals surface area contributed by atoms with Crippen molar-refractivity contribution < 1.29 is 9.21 Å². The first-order chi connectivity index (χ1) is 10.0. The number of hydrogen-bond donors (Lipinski definition) is 2. The Balaban J connectivity index is 2.05. The number of hydrogen-bond acceptors (Lipinski definition) is 6. The molecule has 0 saturated heterocycles. The van der Waals surface area contributed by atoms with Crippen molar-refractivity contribution in [2.24, 2.45) is 0 Å². The Labute approximate surface area is 120 Å². The fourth-order valence-electron chi connectivity index (χ4n) is 1.87. The van der Waals surface area contributed by atoms with Crippen molar-refractivity contribution in [2.45, 2.75) is 19.9 Å². The minimum atomic E-state index is -0.304. The fourth-order valence-corrected chi connectivity index (χ4v) is 1.87. The van der Waals surface area contributed by atoms with Crippen molar-refractivity contribution in [2.75, 3.05) is 5.73 Å². The predicted octanol–water partition coefficient (Wildman–Crippen LogP) is 1.10. The van der Waals surface area contributed by atoms with Gasteiger partial charge in [-0.15, -0.1) is 5.10 Å². The molecule has 0 aromatic carbocycles. The van der Waals surface area contributed by atoms with Crippen LogP contribution >= 0.6 is 0 Å². The van der Waals surface area contributed by atoms with E-state index in [1.165, 1.54) is 16.8 Å². The van der Waals surface area contributed by atoms with Crippen LogP contribution in [0.25, 0.3) is 17.2 Å². The van der Waals surface area contributed by atoms with Gasteiger partial charge >= 0.3 is 0 Å². The van der Waals surface area contributed by atoms with Crippen LogP contribution in [0.4, 0.5) is 5.95 Å². The van der Waals surface area contributed by atoms with Gasteiger partial charge in [0.2, 0.25) is 11.8 Å². The summed E-state index contributed by atoms with van der Waals surface area (Å²) in [6.45, 7) is 3.73. The quantitative estimate of drug-likeness (QED) is 0.746. The van der Waals surface area contributed by atoms with Gasteiger partial charge in [-0.1, -0.05) is 0 Å². The highest BCUT2D eigenvalue weighted by Crippen LogP contribution is 2.18. The zero-order chi connectivity index (χ0) is 15.0. The van der Waals surface area contributed by atoms with Gasteiger partial charge in [-0.3, -0.25) is 4.79 Å². The summed E-state index contributed by atoms with van der Waals surface area (Å²) in [5.41, 5.74) is 6.47. The minimum absolute atomic E-state index is 0.00769. The molecule has 1 amide bonds. The molecule has 108 valence electrons. The minimum Gasteiger partial charge on any atom is -0.461 e. The van der Waals surface area contributed by atoms with Gasteiger partial charge in [-0.05, 0) is 26.0 Å². The molecule has 0 aliphatic heterocycles. The van der Waals surface area contributed by atoms with E-state index in [-0.39, 0.29) is 23.6 Å². The lowest BCUT2D eigenvalue weighted by Gasteiger charge is -2.08. The molecule has 0 fully saturated rings. The van der Waals surface area contributed by atoms with E-state index in [2.05, 4.69) is 20.4 Å². The van der Waals surface area contributed by atoms with Crippen LogP contribution in [-0.4, -0.2) is 31.5 Å². The molecule has 21 heavy (non-hydrogen) atoms. The molecule has 3 heterocycles. The van der Waals surface area contributed by atoms with Gasteiger partial charge in [-0.25, -0.2) is 9.97 Å². The smallest absolute Gasteiger partial charge is 0.270 e. The number of amides is 1. The molecular weight excluding hydrogens is 272 g/mol. The second kappa shape index (κ2) is 4.89. The van der Waals surface area contributed by atoms with Crippen molar-refractivity contribution in [3.63, 3.8) is 0 Å². The predicted molar refractivity (Wildman–Crippen MR) is 75.5 cm³/mol. The molecule has 3 N–H and O–H groups in total. The third-order valence-electron chi connectivity index (χ3n) is 2.74. The molecular formula is C13H14N6O2. The largest absolute Gasteiger partial charge is 0.461 e. The highest BCUT2D eigenvalue weighted by atomic mass is 16.3. The van der Waals surface area contributed by atoms with Crippen molar-refractivity contribution in [1.82, 2.24) is 24.9 Å². The summed E-state index contributed by atoms with van der Waals surface area (Å²) in [5, 5.41) is 6.96. The summed E-state index contributed by atoms with van der Waals surface area (Å²) < 4.78 is 6.61. The standard InChI is InChI=1S/C13H14N6O2/c1-7(2)15-12(20)8-6-10-17-11(9-4-3-5-21-9)18-19(10)13(14)16-8/h3-7H,1-2H3,(H2,14,16)(H,15,20). The van der Waals surface area contributed by atoms with Crippen LogP contribution < -0.4 is 11.1 Å². The van der Waals surface area contributed by atoms with Crippen molar-refractivity contribution in [3.8, 4) is 11.6 Å². The molecule has 0 saturated carbocycles. The number of nitrogens with one attached hydrogen (secondary N) is 1. The Morgan fingerprint density at radius 1 is 1.43 bits per heavy atom. The molecule has 0 spiro atoms. The van der Waals surface area contributed by atoms with Gasteiger partial charge in [-0.2, -0.15) is 4.52 Å². The number of carbonyl (C=O) groups excluding carboxylic acids is 1. The lowest BCUT2D eigenvalue weighted by molar-refractivity contribution is 0.0938. The molecule has 0 unspecified atom stereocenters. The lowest BCUT2D eigenvalue weighted by Crippen LogP contribution is -2.31. The van der Waals surface area contributed by atoms with Gasteiger partial charge in [0.25, 0.3) is 5.91 Å². The van der Waals surface area contributed by atoms with Crippen molar-refractivity contribution in [3.05, 3.63) is 30.2 Å². The van der Waals surface area contributed by atoms with Crippen molar-refractivity contribution >= 4 is 17.5 Å². The maximum absolute atomic E-state index is 12.0. The first-order valence-corrected chi connectivity index (χ1v) is 6.42. The number of nitrogens with two attached hydrogens (primary N) is 1. The van der Waals surface area contributed by atoms with Crippen LogP contribution in [0.15, 0.2) is 28.9 Å². The molecule has 8 heteroatoms. The van der Waals surface area contributed by atoms with Gasteiger partial charge in [0, 0.05) is 12.1 Å². The molecule has 3 aromatic rings. The SMILES string of the molecule is CC(C)NC(=O)c1cc2nc(-c3ccco3)nn2c(N)n1. The summed E-state index contributed by atoms with van der Waals surface area (Å²) >= 11 is 0. The number of fused-ring (bicyclic) bond motifs is 1. The zero-order valence-corrected chi connectivity index (χ0v) is 11.6. The number of anilines is 1. The van der Waals surface area contributed by atoms with E-state index in [4.69, 9.17) is 10.2 Å². The third-order valence-corrected chi connectivity index (χ3v) is 2.74. The van der Waals surface area contributed by atoms with Crippen LogP contribution in [0.2, 0.25) is 0 Å². The van der Waals surface area contributed by atoms with Crippen LogP contribution in [0.5, 0.6) is 0 Å². The lowest BCUT2D eigenvalue weighted by atomic mass is 10.3. The van der Waals surface area contributed by atoms with Crippen molar-refractivity contribution in [1.29, 1.82) is 0 Å². The normalized spacial score (nSPS) is 11.2.